The summed E-state index contributed by atoms with van der Waals surface area (Å²) < 4.78 is 10.2. The van der Waals surface area contributed by atoms with E-state index >= 15 is 0 Å². The van der Waals surface area contributed by atoms with Gasteiger partial charge in [0.15, 0.2) is 11.5 Å². The third kappa shape index (κ3) is 1.96. The average molecular weight is 190 g/mol. The highest BCUT2D eigenvalue weighted by Gasteiger charge is 2.23. The number of rotatable bonds is 3. The highest BCUT2D eigenvalue weighted by molar-refractivity contribution is 5.91. The van der Waals surface area contributed by atoms with Crippen LogP contribution in [0.5, 0.6) is 11.5 Å². The van der Waals surface area contributed by atoms with Gasteiger partial charge in [0.2, 0.25) is 0 Å². The topological polar surface area (TPSA) is 18.5 Å². The van der Waals surface area contributed by atoms with Crippen molar-refractivity contribution in [3.63, 3.8) is 0 Å². The predicted molar refractivity (Wildman–Crippen MR) is 58.9 cm³/mol. The van der Waals surface area contributed by atoms with E-state index in [4.69, 9.17) is 9.47 Å². The molecule has 0 unspecified atom stereocenters. The molecule has 0 aromatic carbocycles. The Bertz CT molecular complexity index is 348. The van der Waals surface area contributed by atoms with E-state index in [-0.39, 0.29) is 0 Å². The highest BCUT2D eigenvalue weighted by Crippen LogP contribution is 2.50. The van der Waals surface area contributed by atoms with Gasteiger partial charge in [-0.1, -0.05) is 25.3 Å². The predicted octanol–water partition coefficient (Wildman–Crippen LogP) is 3.04. The van der Waals surface area contributed by atoms with E-state index in [2.05, 4.69) is 19.2 Å². The lowest BCUT2D eigenvalue weighted by molar-refractivity contribution is 0.359. The van der Waals surface area contributed by atoms with Crippen LogP contribution in [-0.2, 0) is 0 Å². The first kappa shape index (κ1) is 10.4. The molecule has 0 aromatic heterocycles. The Labute approximate surface area is 84.5 Å². The lowest BCUT2D eigenvalue weighted by atomic mass is 10.5. The molecule has 0 amide bonds. The normalized spacial score (nSPS) is 9.29. The minimum atomic E-state index is 0.843. The van der Waals surface area contributed by atoms with Crippen molar-refractivity contribution in [2.45, 2.75) is 0 Å². The second kappa shape index (κ2) is 4.51. The fraction of sp³-hybridized carbons (Fsp3) is 0.167. The van der Waals surface area contributed by atoms with Crippen molar-refractivity contribution >= 4 is 0 Å². The quantitative estimate of drug-likeness (QED) is 0.692. The molecular formula is C12H14O2. The zero-order valence-corrected chi connectivity index (χ0v) is 8.54. The van der Waals surface area contributed by atoms with Gasteiger partial charge in [0, 0.05) is 5.56 Å². The molecule has 0 aliphatic heterocycles. The van der Waals surface area contributed by atoms with Gasteiger partial charge in [0.05, 0.1) is 14.2 Å². The van der Waals surface area contributed by atoms with Gasteiger partial charge in [-0.2, -0.15) is 0 Å². The van der Waals surface area contributed by atoms with Crippen molar-refractivity contribution < 1.29 is 9.47 Å². The third-order valence-electron chi connectivity index (χ3n) is 1.87. The van der Waals surface area contributed by atoms with Crippen molar-refractivity contribution in [1.29, 1.82) is 0 Å². The summed E-state index contributed by atoms with van der Waals surface area (Å²) in [6.07, 6.45) is 3.28. The number of hydrogen-bond donors (Lipinski definition) is 0. The van der Waals surface area contributed by atoms with Crippen molar-refractivity contribution in [3.05, 3.63) is 37.4 Å². The van der Waals surface area contributed by atoms with E-state index in [1.165, 1.54) is 11.1 Å². The molecule has 0 radical (unpaired) electrons. The molecule has 0 heterocycles. The van der Waals surface area contributed by atoms with Gasteiger partial charge < -0.3 is 9.47 Å². The number of fused-ring (bicyclic) bond motifs is 1. The molecule has 0 fully saturated rings. The van der Waals surface area contributed by atoms with E-state index in [1.54, 1.807) is 26.4 Å². The second-order valence-corrected chi connectivity index (χ2v) is 2.73. The largest absolute Gasteiger partial charge is 0.493 e. The number of methoxy groups -OCH3 is 2. The van der Waals surface area contributed by atoms with Crippen molar-refractivity contribution in [2.24, 2.45) is 0 Å². The number of benzene rings is 1. The molecule has 0 N–H and O–H groups in total. The first-order valence-corrected chi connectivity index (χ1v) is 4.28. The van der Waals surface area contributed by atoms with Crippen molar-refractivity contribution in [2.75, 3.05) is 14.2 Å². The summed E-state index contributed by atoms with van der Waals surface area (Å²) in [5.74, 6) is 1.72. The SMILES string of the molecule is C=CC=C.COc1cc2cc-2c1OC. The van der Waals surface area contributed by atoms with Crippen molar-refractivity contribution in [1.82, 2.24) is 0 Å². The molecule has 2 rings (SSSR count). The van der Waals surface area contributed by atoms with Gasteiger partial charge >= 0.3 is 0 Å². The Hall–Kier alpha value is -1.70. The lowest BCUT2D eigenvalue weighted by Crippen LogP contribution is -1.85. The third-order valence-corrected chi connectivity index (χ3v) is 1.87. The summed E-state index contributed by atoms with van der Waals surface area (Å²) in [4.78, 5) is 0. The zero-order valence-electron chi connectivity index (χ0n) is 8.54. The minimum Gasteiger partial charge on any atom is -0.493 e. The second-order valence-electron chi connectivity index (χ2n) is 2.73. The molecule has 0 saturated heterocycles. The summed E-state index contributed by atoms with van der Waals surface area (Å²) in [5.41, 5.74) is 2.44. The van der Waals surface area contributed by atoms with Gasteiger partial charge in [0.25, 0.3) is 0 Å². The summed E-state index contributed by atoms with van der Waals surface area (Å²) in [6.45, 7) is 6.72. The van der Waals surface area contributed by atoms with Gasteiger partial charge in [-0.15, -0.1) is 0 Å². The molecular weight excluding hydrogens is 176 g/mol. The van der Waals surface area contributed by atoms with Crippen LogP contribution in [0.15, 0.2) is 37.4 Å². The molecule has 2 aliphatic carbocycles. The van der Waals surface area contributed by atoms with Crippen molar-refractivity contribution in [3.8, 4) is 22.6 Å². The van der Waals surface area contributed by atoms with Crippen LogP contribution in [0.3, 0.4) is 0 Å². The summed E-state index contributed by atoms with van der Waals surface area (Å²) >= 11 is 0. The molecule has 14 heavy (non-hydrogen) atoms. The van der Waals surface area contributed by atoms with Crippen LogP contribution in [0, 0.1) is 0 Å². The van der Waals surface area contributed by atoms with Crippen LogP contribution in [0.4, 0.5) is 0 Å². The van der Waals surface area contributed by atoms with Gasteiger partial charge in [0.1, 0.15) is 0 Å². The number of allylic oxidation sites excluding steroid dienone is 2. The first-order valence-electron chi connectivity index (χ1n) is 4.28. The summed E-state index contributed by atoms with van der Waals surface area (Å²) in [6, 6.07) is 4.05. The lowest BCUT2D eigenvalue weighted by Gasteiger charge is -2.00. The molecule has 0 spiro atoms. The summed E-state index contributed by atoms with van der Waals surface area (Å²) in [7, 11) is 3.31. The maximum absolute atomic E-state index is 5.10. The number of hydrogen-bond acceptors (Lipinski definition) is 2. The fourth-order valence-corrected chi connectivity index (χ4v) is 1.14. The van der Waals surface area contributed by atoms with Gasteiger partial charge in [-0.25, -0.2) is 0 Å². The monoisotopic (exact) mass is 190 g/mol. The first-order chi connectivity index (χ1) is 6.78. The van der Waals surface area contributed by atoms with E-state index in [1.807, 2.05) is 6.07 Å². The maximum Gasteiger partial charge on any atom is 0.168 e. The smallest absolute Gasteiger partial charge is 0.168 e. The standard InChI is InChI=1S/C8H8O2.C4H6/c1-9-7-4-5-3-6(5)8(7)10-2;1-3-4-2/h3-4H,1-2H3;3-4H,1-2H2. The molecule has 0 bridgehead atoms. The number of ether oxygens (including phenoxy) is 2. The molecule has 0 saturated carbocycles. The maximum atomic E-state index is 5.10. The fourth-order valence-electron chi connectivity index (χ4n) is 1.14. The van der Waals surface area contributed by atoms with Gasteiger partial charge in [-0.3, -0.25) is 0 Å². The van der Waals surface area contributed by atoms with Gasteiger partial charge in [-0.05, 0) is 17.7 Å². The van der Waals surface area contributed by atoms with E-state index in [9.17, 15) is 0 Å². The molecule has 2 heteroatoms. The van der Waals surface area contributed by atoms with E-state index < -0.39 is 0 Å². The van der Waals surface area contributed by atoms with Crippen LogP contribution in [0.25, 0.3) is 11.1 Å². The Morgan fingerprint density at radius 2 is 1.71 bits per heavy atom. The van der Waals surface area contributed by atoms with Crippen LogP contribution in [-0.4, -0.2) is 14.2 Å². The molecule has 2 nitrogen and oxygen atoms in total. The molecule has 0 aromatic rings. The molecule has 2 aliphatic rings. The summed E-state index contributed by atoms with van der Waals surface area (Å²) in [5, 5.41) is 0. The molecule has 74 valence electrons. The minimum absolute atomic E-state index is 0.843. The average Bonchev–Trinajstić information content (AvgIpc) is 2.91. The Kier molecular flexibility index (Phi) is 3.35. The van der Waals surface area contributed by atoms with E-state index in [0.29, 0.717) is 0 Å². The zero-order chi connectivity index (χ0) is 10.6. The molecule has 0 atom stereocenters. The van der Waals surface area contributed by atoms with Crippen LogP contribution in [0.2, 0.25) is 0 Å². The highest BCUT2D eigenvalue weighted by atomic mass is 16.5. The van der Waals surface area contributed by atoms with Crippen LogP contribution >= 0.6 is 0 Å². The Morgan fingerprint density at radius 1 is 1.07 bits per heavy atom. The Balaban J connectivity index is 0.000000213. The van der Waals surface area contributed by atoms with Crippen LogP contribution in [0.1, 0.15) is 0 Å². The van der Waals surface area contributed by atoms with Crippen LogP contribution < -0.4 is 9.47 Å². The van der Waals surface area contributed by atoms with E-state index in [0.717, 1.165) is 11.5 Å². The Morgan fingerprint density at radius 3 is 2.07 bits per heavy atom.